The van der Waals surface area contributed by atoms with E-state index in [4.69, 9.17) is 0 Å². The molecule has 0 aliphatic heterocycles. The van der Waals surface area contributed by atoms with Crippen molar-refractivity contribution in [3.05, 3.63) is 102 Å². The molecule has 0 bridgehead atoms. The van der Waals surface area contributed by atoms with Crippen LogP contribution in [0.1, 0.15) is 76.2 Å². The van der Waals surface area contributed by atoms with Crippen LogP contribution in [-0.2, 0) is 50.4 Å². The van der Waals surface area contributed by atoms with Crippen LogP contribution in [0.25, 0.3) is 22.4 Å². The average molecular weight is 832 g/mol. The fourth-order valence-corrected chi connectivity index (χ4v) is 2.98. The maximum absolute atomic E-state index is 14.5. The molecule has 3 rings (SSSR count). The van der Waals surface area contributed by atoms with Crippen LogP contribution in [-0.4, -0.2) is 26.8 Å². The quantitative estimate of drug-likeness (QED) is 0.116. The van der Waals surface area contributed by atoms with Crippen molar-refractivity contribution in [2.75, 3.05) is 0 Å². The van der Waals surface area contributed by atoms with Gasteiger partial charge < -0.3 is 25.7 Å². The summed E-state index contributed by atoms with van der Waals surface area (Å²) in [4.78, 5) is 26.9. The van der Waals surface area contributed by atoms with Gasteiger partial charge in [0.25, 0.3) is 0 Å². The first-order valence-electron chi connectivity index (χ1n) is 14.7. The van der Waals surface area contributed by atoms with Gasteiger partial charge in [-0.15, -0.1) is 11.6 Å². The Balaban J connectivity index is 0. The van der Waals surface area contributed by atoms with Gasteiger partial charge in [0.05, 0.1) is 5.76 Å². The number of halogens is 2. The normalized spacial score (nSPS) is 12.0. The summed E-state index contributed by atoms with van der Waals surface area (Å²) >= 11 is 0. The zero-order valence-electron chi connectivity index (χ0n) is 28.9. The van der Waals surface area contributed by atoms with Crippen molar-refractivity contribution in [2.45, 2.75) is 76.2 Å². The molecule has 0 saturated carbocycles. The first-order chi connectivity index (χ1) is 20.6. The molecule has 1 heterocycles. The van der Waals surface area contributed by atoms with Crippen molar-refractivity contribution in [1.82, 2.24) is 4.98 Å². The van der Waals surface area contributed by atoms with E-state index in [1.165, 1.54) is 18.3 Å². The van der Waals surface area contributed by atoms with E-state index in [0.29, 0.717) is 11.3 Å². The second kappa shape index (κ2) is 19.9. The maximum Gasteiger partial charge on any atom is 2.00 e. The molecule has 2 aromatic carbocycles. The van der Waals surface area contributed by atoms with E-state index in [-0.39, 0.29) is 86.4 Å². The standard InChI is InChI=1S/C17H8F2N.C11H20O2.C10H18O2.2Pd/c18-13-10-14(12-6-2-1-3-7-12)17(19)15(11-13)16-8-4-5-9-20-16;1-10(2,3)8(12)7-9(13)11(4,5)6;1-7(2)8(11)6-9(12)10(3,4)5;;/h1-6,8-9H;7,12H,1-6H3;6-7,11H,1-5H3;;/q-3;;;;+2/b;8-7-;8-6-;;. The van der Waals surface area contributed by atoms with Crippen LogP contribution in [0.3, 0.4) is 0 Å². The molecule has 2 N–H and O–H groups in total. The van der Waals surface area contributed by atoms with Crippen molar-refractivity contribution in [2.24, 2.45) is 22.2 Å². The smallest absolute Gasteiger partial charge is 0.512 e. The van der Waals surface area contributed by atoms with Crippen molar-refractivity contribution in [1.29, 1.82) is 0 Å². The molecule has 5 nitrogen and oxygen atoms in total. The van der Waals surface area contributed by atoms with E-state index in [1.54, 1.807) is 42.5 Å². The third-order valence-corrected chi connectivity index (χ3v) is 6.19. The summed E-state index contributed by atoms with van der Waals surface area (Å²) in [6, 6.07) is 19.3. The van der Waals surface area contributed by atoms with Crippen LogP contribution in [0.5, 0.6) is 0 Å². The first kappa shape index (κ1) is 46.3. The van der Waals surface area contributed by atoms with Gasteiger partial charge in [0.2, 0.25) is 0 Å². The van der Waals surface area contributed by atoms with Crippen LogP contribution in [0.2, 0.25) is 0 Å². The number of ketones is 2. The van der Waals surface area contributed by atoms with Crippen molar-refractivity contribution in [3.8, 4) is 22.4 Å². The summed E-state index contributed by atoms with van der Waals surface area (Å²) < 4.78 is 28.2. The number of aliphatic hydroxyl groups is 2. The van der Waals surface area contributed by atoms with E-state index < -0.39 is 22.5 Å². The van der Waals surface area contributed by atoms with Crippen molar-refractivity contribution >= 4 is 11.6 Å². The third kappa shape index (κ3) is 16.2. The number of hydrogen-bond donors (Lipinski definition) is 2. The number of carbonyl (C=O) groups excluding carboxylic acids is 2. The molecule has 0 aliphatic rings. The Morgan fingerprint density at radius 2 is 1.30 bits per heavy atom. The van der Waals surface area contributed by atoms with E-state index in [1.807, 2.05) is 76.2 Å². The van der Waals surface area contributed by atoms with Gasteiger partial charge in [-0.25, -0.2) is 18.2 Å². The summed E-state index contributed by atoms with van der Waals surface area (Å²) in [7, 11) is 0. The van der Waals surface area contributed by atoms with Crippen LogP contribution in [0, 0.1) is 52.0 Å². The Labute approximate surface area is 307 Å². The Hall–Kier alpha value is -2.81. The number of hydrogen-bond acceptors (Lipinski definition) is 5. The summed E-state index contributed by atoms with van der Waals surface area (Å²) in [5.41, 5.74) is -0.370. The topological polar surface area (TPSA) is 87.5 Å². The third-order valence-electron chi connectivity index (χ3n) is 6.19. The van der Waals surface area contributed by atoms with Gasteiger partial charge in [0, 0.05) is 66.6 Å². The summed E-state index contributed by atoms with van der Waals surface area (Å²) in [6.45, 7) is 20.3. The number of rotatable bonds is 5. The summed E-state index contributed by atoms with van der Waals surface area (Å²) in [6.07, 6.45) is 4.18. The number of pyridine rings is 1. The van der Waals surface area contributed by atoms with Crippen LogP contribution < -0.4 is 0 Å². The monoisotopic (exact) mass is 830 g/mol. The summed E-state index contributed by atoms with van der Waals surface area (Å²) in [5, 5.41) is 18.9. The number of carbonyl (C=O) groups is 2. The molecule has 262 valence electrons. The van der Waals surface area contributed by atoms with Gasteiger partial charge >= 0.3 is 20.4 Å². The van der Waals surface area contributed by atoms with Gasteiger partial charge in [-0.1, -0.05) is 93.9 Å². The number of nitrogens with zero attached hydrogens (tertiary/aromatic N) is 1. The van der Waals surface area contributed by atoms with Crippen molar-refractivity contribution in [3.63, 3.8) is 0 Å². The molecule has 0 spiro atoms. The van der Waals surface area contributed by atoms with E-state index in [2.05, 4.69) is 23.2 Å². The molecule has 0 unspecified atom stereocenters. The second-order valence-electron chi connectivity index (χ2n) is 13.9. The predicted molar refractivity (Wildman–Crippen MR) is 176 cm³/mol. The second-order valence-corrected chi connectivity index (χ2v) is 13.9. The Kier molecular flexibility index (Phi) is 19.6. The molecule has 9 heteroatoms. The minimum Gasteiger partial charge on any atom is -0.512 e. The molecule has 0 fully saturated rings. The largest absolute Gasteiger partial charge is 2.00 e. The average Bonchev–Trinajstić information content (AvgIpc) is 2.94. The van der Waals surface area contributed by atoms with E-state index in [0.717, 1.165) is 0 Å². The molecule has 0 radical (unpaired) electrons. The molecular formula is C38H46F2NO4Pd2-. The molecule has 1 aromatic heterocycles. The molecule has 0 atom stereocenters. The molecule has 3 aromatic rings. The molecule has 47 heavy (non-hydrogen) atoms. The Morgan fingerprint density at radius 3 is 1.72 bits per heavy atom. The zero-order chi connectivity index (χ0) is 34.8. The van der Waals surface area contributed by atoms with Gasteiger partial charge in [0.1, 0.15) is 5.76 Å². The van der Waals surface area contributed by atoms with Crippen LogP contribution in [0.4, 0.5) is 8.78 Å². The first-order valence-corrected chi connectivity index (χ1v) is 14.7. The minimum absolute atomic E-state index is 0. The van der Waals surface area contributed by atoms with Gasteiger partial charge in [0.15, 0.2) is 11.6 Å². The molecule has 0 saturated heterocycles. The van der Waals surface area contributed by atoms with Gasteiger partial charge in [-0.3, -0.25) is 25.0 Å². The van der Waals surface area contributed by atoms with Gasteiger partial charge in [-0.05, 0) is 12.1 Å². The van der Waals surface area contributed by atoms with Crippen molar-refractivity contribution < 1.29 is 69.4 Å². The Bertz CT molecular complexity index is 1420. The maximum atomic E-state index is 14.5. The van der Waals surface area contributed by atoms with Crippen LogP contribution >= 0.6 is 0 Å². The number of allylic oxidation sites excluding steroid dienone is 4. The fraction of sp³-hybridized carbons (Fsp3) is 0.395. The molecular weight excluding hydrogens is 785 g/mol. The molecule has 0 amide bonds. The SMILES string of the molecule is CC(C)(C)C(=O)/C=C(\O)C(C)(C)C.CC(C)/C(O)=C/C(=O)C(C)(C)C.Fc1[c-]c(-c2[c-]cccc2)c(F)c(-c2ccccn2)[c-]1.[Pd+2].[Pd]. The van der Waals surface area contributed by atoms with Crippen LogP contribution in [0.15, 0.2) is 72.3 Å². The zero-order valence-corrected chi connectivity index (χ0v) is 32.0. The fourth-order valence-electron chi connectivity index (χ4n) is 2.98. The van der Waals surface area contributed by atoms with E-state index in [9.17, 15) is 28.6 Å². The number of aliphatic hydroxyl groups excluding tert-OH is 2. The number of benzene rings is 2. The van der Waals surface area contributed by atoms with E-state index >= 15 is 0 Å². The van der Waals surface area contributed by atoms with Gasteiger partial charge in [-0.2, -0.15) is 12.1 Å². The molecule has 0 aliphatic carbocycles. The summed E-state index contributed by atoms with van der Waals surface area (Å²) in [5.74, 6) is -1.10. The Morgan fingerprint density at radius 1 is 0.787 bits per heavy atom. The number of aromatic nitrogens is 1. The minimum atomic E-state index is -0.751. The predicted octanol–water partition coefficient (Wildman–Crippen LogP) is 9.88.